The average Bonchev–Trinajstić information content (AvgIpc) is 3.42. The van der Waals surface area contributed by atoms with Crippen molar-refractivity contribution in [1.29, 1.82) is 0 Å². The number of nitrogens with one attached hydrogen (secondary N) is 1. The van der Waals surface area contributed by atoms with E-state index in [1.54, 1.807) is 14.7 Å². The van der Waals surface area contributed by atoms with Crippen LogP contribution in [-0.2, 0) is 33.6 Å². The molecule has 0 fully saturated rings. The van der Waals surface area contributed by atoms with Crippen LogP contribution < -0.4 is 11.1 Å². The van der Waals surface area contributed by atoms with E-state index in [9.17, 15) is 43.8 Å². The molecular weight excluding hydrogens is 989 g/mol. The van der Waals surface area contributed by atoms with Crippen LogP contribution in [0.3, 0.4) is 0 Å². The molecule has 0 aliphatic carbocycles. The summed E-state index contributed by atoms with van der Waals surface area (Å²) in [4.78, 5) is 108. The van der Waals surface area contributed by atoms with Gasteiger partial charge in [0, 0.05) is 39.3 Å². The Labute approximate surface area is 475 Å². The lowest BCUT2D eigenvalue weighted by molar-refractivity contribution is -0.148. The van der Waals surface area contributed by atoms with E-state index >= 15 is 0 Å². The number of primary amides is 1. The lowest BCUT2D eigenvalue weighted by atomic mass is 10.1. The topological polar surface area (TPSA) is 217 Å². The molecule has 78 heavy (non-hydrogen) atoms. The van der Waals surface area contributed by atoms with Crippen LogP contribution in [0.1, 0.15) is 247 Å². The molecule has 0 radical (unpaired) electrons. The summed E-state index contributed by atoms with van der Waals surface area (Å²) in [5.74, 6) is -2.79. The van der Waals surface area contributed by atoms with Gasteiger partial charge in [0.1, 0.15) is 0 Å². The number of nitrogens with two attached hydrogens (primary N) is 1. The monoisotopic (exact) mass is 1110 g/mol. The molecule has 0 aliphatic heterocycles. The van der Waals surface area contributed by atoms with E-state index in [4.69, 9.17) is 5.73 Å². The molecule has 0 saturated carbocycles. The van der Waals surface area contributed by atoms with Crippen LogP contribution in [-0.4, -0.2) is 185 Å². The molecule has 0 aromatic rings. The van der Waals surface area contributed by atoms with Gasteiger partial charge in [0.15, 0.2) is 0 Å². The Hall–Kier alpha value is -3.83. The largest absolute Gasteiger partial charge is 0.395 e. The van der Waals surface area contributed by atoms with Crippen LogP contribution in [0.2, 0.25) is 0 Å². The molecule has 0 heterocycles. The van der Waals surface area contributed by atoms with Gasteiger partial charge < -0.3 is 50.7 Å². The highest BCUT2D eigenvalue weighted by atomic mass is 16.3. The second kappa shape index (κ2) is 51.3. The summed E-state index contributed by atoms with van der Waals surface area (Å²) < 4.78 is 0. The molecular formula is C61H118N8O9. The Morgan fingerprint density at radius 2 is 0.500 bits per heavy atom. The molecule has 7 amide bonds. The Kier molecular flexibility index (Phi) is 48.8. The van der Waals surface area contributed by atoms with Gasteiger partial charge in [0.05, 0.1) is 65.1 Å². The second-order valence-corrected chi connectivity index (χ2v) is 22.0. The summed E-state index contributed by atoms with van der Waals surface area (Å²) in [5.41, 5.74) is 5.62. The lowest BCUT2D eigenvalue weighted by Crippen LogP contribution is -2.52. The first-order chi connectivity index (χ1) is 37.8. The van der Waals surface area contributed by atoms with Crippen molar-refractivity contribution in [1.82, 2.24) is 34.7 Å². The summed E-state index contributed by atoms with van der Waals surface area (Å²) in [6.45, 7) is 12.4. The molecule has 0 unspecified atom stereocenters. The number of amides is 7. The normalized spacial score (nSPS) is 11.2. The Morgan fingerprint density at radius 1 is 0.308 bits per heavy atom. The van der Waals surface area contributed by atoms with Crippen LogP contribution in [0.4, 0.5) is 0 Å². The number of carbonyl (C=O) groups is 7. The zero-order valence-corrected chi connectivity index (χ0v) is 50.8. The zero-order chi connectivity index (χ0) is 58.0. The second-order valence-electron chi connectivity index (χ2n) is 22.0. The van der Waals surface area contributed by atoms with Crippen molar-refractivity contribution in [2.45, 2.75) is 253 Å². The van der Waals surface area contributed by atoms with Gasteiger partial charge in [0.2, 0.25) is 41.4 Å². The number of hydrogen-bond acceptors (Lipinski definition) is 10. The van der Waals surface area contributed by atoms with Crippen LogP contribution in [0, 0.1) is 0 Å². The number of carbonyl (C=O) groups excluding carboxylic acids is 7. The van der Waals surface area contributed by atoms with Crippen LogP contribution >= 0.6 is 0 Å². The van der Waals surface area contributed by atoms with Crippen LogP contribution in [0.5, 0.6) is 0 Å². The van der Waals surface area contributed by atoms with E-state index in [-0.39, 0.29) is 94.5 Å². The number of rotatable bonds is 55. The zero-order valence-electron chi connectivity index (χ0n) is 50.8. The highest BCUT2D eigenvalue weighted by molar-refractivity contribution is 5.92. The van der Waals surface area contributed by atoms with Crippen molar-refractivity contribution in [3.8, 4) is 0 Å². The summed E-state index contributed by atoms with van der Waals surface area (Å²) in [7, 11) is 0. The molecule has 0 atom stereocenters. The van der Waals surface area contributed by atoms with Gasteiger partial charge >= 0.3 is 0 Å². The Bertz CT molecular complexity index is 1550. The number of unbranched alkanes of at least 4 members (excludes halogenated alkanes) is 26. The van der Waals surface area contributed by atoms with Crippen molar-refractivity contribution in [2.24, 2.45) is 5.73 Å². The molecule has 0 aliphatic rings. The minimum Gasteiger partial charge on any atom is -0.395 e. The van der Waals surface area contributed by atoms with Gasteiger partial charge in [0.25, 0.3) is 0 Å². The Morgan fingerprint density at radius 3 is 0.718 bits per heavy atom. The fraction of sp³-hybridized carbons (Fsp3) is 0.885. The average molecular weight is 1110 g/mol. The first-order valence-corrected chi connectivity index (χ1v) is 31.7. The molecule has 17 heteroatoms. The van der Waals surface area contributed by atoms with Gasteiger partial charge in [-0.25, -0.2) is 0 Å². The standard InChI is InChI=1S/C61H118N8O9/c1-7-13-19-25-29-35-40-65(56(73)45-63-54(52-70)53-71)47-58(75)68(43-37-31-27-21-15-9-3)50-59(76)66(41-34-24-18-12-6)49-61(78)69(44-38-32-28-22-16-10-4)51-60(77)67(42-36-30-26-20-14-8-2)48-57(74)64(46-55(62)72)39-33-23-17-11-5/h54,63,70-71H,7-53H2,1-6H3,(H2,62,72). The molecule has 0 spiro atoms. The van der Waals surface area contributed by atoms with E-state index in [0.717, 1.165) is 167 Å². The molecule has 456 valence electrons. The molecule has 0 aromatic heterocycles. The van der Waals surface area contributed by atoms with E-state index in [2.05, 4.69) is 46.9 Å². The minimum atomic E-state index is -0.683. The smallest absolute Gasteiger partial charge is 0.242 e. The van der Waals surface area contributed by atoms with Crippen LogP contribution in [0.25, 0.3) is 0 Å². The first-order valence-electron chi connectivity index (χ1n) is 31.7. The summed E-state index contributed by atoms with van der Waals surface area (Å²) in [6.07, 6.45) is 30.5. The predicted molar refractivity (Wildman–Crippen MR) is 316 cm³/mol. The highest BCUT2D eigenvalue weighted by Gasteiger charge is 2.30. The van der Waals surface area contributed by atoms with Crippen LogP contribution in [0.15, 0.2) is 0 Å². The van der Waals surface area contributed by atoms with Gasteiger partial charge in [-0.1, -0.05) is 208 Å². The van der Waals surface area contributed by atoms with Gasteiger partial charge in [-0.15, -0.1) is 0 Å². The van der Waals surface area contributed by atoms with E-state index in [1.165, 1.54) is 14.7 Å². The maximum absolute atomic E-state index is 14.8. The fourth-order valence-electron chi connectivity index (χ4n) is 9.58. The van der Waals surface area contributed by atoms with Crippen molar-refractivity contribution in [3.63, 3.8) is 0 Å². The maximum Gasteiger partial charge on any atom is 0.242 e. The predicted octanol–water partition coefficient (Wildman–Crippen LogP) is 8.99. The molecule has 17 nitrogen and oxygen atoms in total. The van der Waals surface area contributed by atoms with E-state index in [0.29, 0.717) is 77.8 Å². The third kappa shape index (κ3) is 38.7. The lowest BCUT2D eigenvalue weighted by Gasteiger charge is -2.32. The molecule has 0 rings (SSSR count). The highest BCUT2D eigenvalue weighted by Crippen LogP contribution is 2.14. The molecule has 5 N–H and O–H groups in total. The molecule has 0 bridgehead atoms. The van der Waals surface area contributed by atoms with Gasteiger partial charge in [-0.3, -0.25) is 33.6 Å². The number of hydrogen-bond donors (Lipinski definition) is 4. The van der Waals surface area contributed by atoms with Gasteiger partial charge in [-0.2, -0.15) is 0 Å². The minimum absolute atomic E-state index is 0.170. The third-order valence-corrected chi connectivity index (χ3v) is 14.8. The Balaban J connectivity index is 7.01. The summed E-state index contributed by atoms with van der Waals surface area (Å²) in [6, 6.07) is -0.683. The van der Waals surface area contributed by atoms with Crippen molar-refractivity contribution >= 4 is 41.4 Å². The SMILES string of the molecule is CCCCCCCCN(CC(=O)N(CCCCCCCC)CC(=O)N(CCCCCC)CC(=O)N(CCCCCCCC)CC(=O)N(CCCCCCCC)CC(=O)N(CCCCCC)CC(N)=O)C(=O)CNC(CO)CO. The quantitative estimate of drug-likeness (QED) is 0.0424. The van der Waals surface area contributed by atoms with Crippen molar-refractivity contribution in [2.75, 3.05) is 98.3 Å². The number of aliphatic hydroxyl groups is 2. The molecule has 0 aromatic carbocycles. The van der Waals surface area contributed by atoms with Crippen molar-refractivity contribution < 1.29 is 43.8 Å². The van der Waals surface area contributed by atoms with E-state index in [1.807, 2.05) is 0 Å². The van der Waals surface area contributed by atoms with Gasteiger partial charge in [-0.05, 0) is 38.5 Å². The van der Waals surface area contributed by atoms with E-state index < -0.39 is 11.9 Å². The summed E-state index contributed by atoms with van der Waals surface area (Å²) in [5, 5.41) is 22.2. The summed E-state index contributed by atoms with van der Waals surface area (Å²) >= 11 is 0. The third-order valence-electron chi connectivity index (χ3n) is 14.8. The number of nitrogens with zero attached hydrogens (tertiary/aromatic N) is 6. The number of aliphatic hydroxyl groups excluding tert-OH is 2. The first kappa shape index (κ1) is 74.2. The fourth-order valence-corrected chi connectivity index (χ4v) is 9.58. The molecule has 0 saturated heterocycles. The maximum atomic E-state index is 14.8. The van der Waals surface area contributed by atoms with Crippen molar-refractivity contribution in [3.05, 3.63) is 0 Å².